The van der Waals surface area contributed by atoms with E-state index in [2.05, 4.69) is 31.2 Å². The van der Waals surface area contributed by atoms with Crippen molar-refractivity contribution in [2.75, 3.05) is 6.54 Å². The predicted molar refractivity (Wildman–Crippen MR) is 83.5 cm³/mol. The van der Waals surface area contributed by atoms with Crippen LogP contribution in [0.2, 0.25) is 0 Å². The average molecular weight is 271 g/mol. The Balaban J connectivity index is 1.92. The van der Waals surface area contributed by atoms with Crippen molar-refractivity contribution in [1.82, 2.24) is 9.78 Å². The number of aromatic nitrogens is 2. The Hall–Kier alpha value is -1.35. The summed E-state index contributed by atoms with van der Waals surface area (Å²) in [6.07, 6.45) is 6.13. The highest BCUT2D eigenvalue weighted by Gasteiger charge is 2.34. The number of rotatable bonds is 3. The summed E-state index contributed by atoms with van der Waals surface area (Å²) in [7, 11) is 2.03. The van der Waals surface area contributed by atoms with Crippen molar-refractivity contribution in [1.29, 1.82) is 0 Å². The second-order valence-electron chi connectivity index (χ2n) is 6.65. The van der Waals surface area contributed by atoms with Gasteiger partial charge in [-0.25, -0.2) is 0 Å². The van der Waals surface area contributed by atoms with E-state index in [1.165, 1.54) is 42.3 Å². The van der Waals surface area contributed by atoms with Crippen LogP contribution in [-0.4, -0.2) is 16.3 Å². The summed E-state index contributed by atoms with van der Waals surface area (Å²) < 4.78 is 2.00. The highest BCUT2D eigenvalue weighted by atomic mass is 15.3. The molecule has 2 aromatic rings. The van der Waals surface area contributed by atoms with Crippen molar-refractivity contribution >= 4 is 10.9 Å². The molecule has 1 fully saturated rings. The van der Waals surface area contributed by atoms with Crippen molar-refractivity contribution < 1.29 is 0 Å². The lowest BCUT2D eigenvalue weighted by Gasteiger charge is -2.38. The Morgan fingerprint density at radius 2 is 2.00 bits per heavy atom. The number of para-hydroxylation sites is 1. The molecule has 0 bridgehead atoms. The van der Waals surface area contributed by atoms with Gasteiger partial charge in [0.2, 0.25) is 0 Å². The van der Waals surface area contributed by atoms with Crippen LogP contribution in [0.4, 0.5) is 0 Å². The number of aryl methyl sites for hydroxylation is 1. The Bertz CT molecular complexity index is 591. The summed E-state index contributed by atoms with van der Waals surface area (Å²) in [5.41, 5.74) is 8.86. The van der Waals surface area contributed by atoms with Gasteiger partial charge in [0.05, 0.1) is 11.2 Å². The zero-order valence-corrected chi connectivity index (χ0v) is 12.6. The van der Waals surface area contributed by atoms with Crippen molar-refractivity contribution in [3.05, 3.63) is 30.0 Å². The third kappa shape index (κ3) is 2.35. The van der Waals surface area contributed by atoms with Gasteiger partial charge < -0.3 is 5.73 Å². The first-order valence-electron chi connectivity index (χ1n) is 7.74. The van der Waals surface area contributed by atoms with Crippen LogP contribution in [0.1, 0.15) is 38.3 Å². The maximum absolute atomic E-state index is 6.15. The van der Waals surface area contributed by atoms with Crippen molar-refractivity contribution in [3.8, 4) is 0 Å². The Kier molecular flexibility index (Phi) is 3.55. The first kappa shape index (κ1) is 13.6. The van der Waals surface area contributed by atoms with Crippen LogP contribution in [0.15, 0.2) is 24.3 Å². The number of hydrogen-bond donors (Lipinski definition) is 1. The van der Waals surface area contributed by atoms with Crippen molar-refractivity contribution in [3.63, 3.8) is 0 Å². The van der Waals surface area contributed by atoms with E-state index in [0.717, 1.165) is 18.9 Å². The maximum Gasteiger partial charge on any atom is 0.0709 e. The normalized spacial score (nSPS) is 27.1. The standard InChI is InChI=1S/C17H25N3/c1-13-7-9-17(12-18,10-8-13)11-15-14-5-3-4-6-16(14)20(2)19-15/h3-6,13H,7-12,18H2,1-2H3. The molecular formula is C17H25N3. The molecule has 1 aromatic heterocycles. The van der Waals surface area contributed by atoms with Crippen LogP contribution in [0.3, 0.4) is 0 Å². The first-order valence-corrected chi connectivity index (χ1v) is 7.74. The molecule has 1 aliphatic carbocycles. The second-order valence-corrected chi connectivity index (χ2v) is 6.65. The zero-order valence-electron chi connectivity index (χ0n) is 12.6. The van der Waals surface area contributed by atoms with E-state index in [1.807, 2.05) is 11.7 Å². The molecule has 0 atom stereocenters. The Labute approximate surface area is 121 Å². The van der Waals surface area contributed by atoms with E-state index in [4.69, 9.17) is 10.8 Å². The lowest BCUT2D eigenvalue weighted by Crippen LogP contribution is -2.36. The van der Waals surface area contributed by atoms with Gasteiger partial charge in [-0.1, -0.05) is 38.0 Å². The third-order valence-electron chi connectivity index (χ3n) is 5.14. The summed E-state index contributed by atoms with van der Waals surface area (Å²) in [6, 6.07) is 8.51. The lowest BCUT2D eigenvalue weighted by molar-refractivity contribution is 0.162. The quantitative estimate of drug-likeness (QED) is 0.931. The van der Waals surface area contributed by atoms with Gasteiger partial charge in [0.15, 0.2) is 0 Å². The Morgan fingerprint density at radius 1 is 1.30 bits per heavy atom. The molecule has 0 radical (unpaired) electrons. The SMILES string of the molecule is CC1CCC(CN)(Cc2nn(C)c3ccccc23)CC1. The predicted octanol–water partition coefficient (Wildman–Crippen LogP) is 3.27. The van der Waals surface area contributed by atoms with E-state index < -0.39 is 0 Å². The largest absolute Gasteiger partial charge is 0.330 e. The molecule has 1 aromatic carbocycles. The molecule has 2 N–H and O–H groups in total. The maximum atomic E-state index is 6.15. The number of fused-ring (bicyclic) bond motifs is 1. The molecule has 1 saturated carbocycles. The van der Waals surface area contributed by atoms with Crippen LogP contribution in [0.25, 0.3) is 10.9 Å². The van der Waals surface area contributed by atoms with Gasteiger partial charge in [0.1, 0.15) is 0 Å². The molecule has 20 heavy (non-hydrogen) atoms. The van der Waals surface area contributed by atoms with E-state index in [0.29, 0.717) is 0 Å². The summed E-state index contributed by atoms with van der Waals surface area (Å²) >= 11 is 0. The Morgan fingerprint density at radius 3 is 2.70 bits per heavy atom. The molecule has 0 amide bonds. The third-order valence-corrected chi connectivity index (χ3v) is 5.14. The summed E-state index contributed by atoms with van der Waals surface area (Å²) in [5, 5.41) is 6.05. The molecule has 0 saturated heterocycles. The molecule has 1 heterocycles. The van der Waals surface area contributed by atoms with Gasteiger partial charge in [0, 0.05) is 12.4 Å². The highest BCUT2D eigenvalue weighted by molar-refractivity contribution is 5.81. The van der Waals surface area contributed by atoms with Crippen LogP contribution in [-0.2, 0) is 13.5 Å². The average Bonchev–Trinajstić information content (AvgIpc) is 2.79. The van der Waals surface area contributed by atoms with Gasteiger partial charge in [-0.05, 0) is 43.2 Å². The van der Waals surface area contributed by atoms with E-state index in [9.17, 15) is 0 Å². The van der Waals surface area contributed by atoms with Gasteiger partial charge >= 0.3 is 0 Å². The fraction of sp³-hybridized carbons (Fsp3) is 0.588. The lowest BCUT2D eigenvalue weighted by atomic mass is 9.68. The first-order chi connectivity index (χ1) is 9.63. The number of nitrogens with zero attached hydrogens (tertiary/aromatic N) is 2. The van der Waals surface area contributed by atoms with Crippen LogP contribution < -0.4 is 5.73 Å². The summed E-state index contributed by atoms with van der Waals surface area (Å²) in [4.78, 5) is 0. The van der Waals surface area contributed by atoms with E-state index in [1.54, 1.807) is 0 Å². The fourth-order valence-corrected chi connectivity index (χ4v) is 3.60. The smallest absolute Gasteiger partial charge is 0.0709 e. The minimum Gasteiger partial charge on any atom is -0.330 e. The molecule has 3 rings (SSSR count). The van der Waals surface area contributed by atoms with Crippen molar-refractivity contribution in [2.45, 2.75) is 39.0 Å². The highest BCUT2D eigenvalue weighted by Crippen LogP contribution is 2.41. The van der Waals surface area contributed by atoms with Gasteiger partial charge in [-0.2, -0.15) is 5.10 Å². The minimum atomic E-state index is 0.267. The molecule has 0 spiro atoms. The topological polar surface area (TPSA) is 43.8 Å². The van der Waals surface area contributed by atoms with Gasteiger partial charge in [-0.3, -0.25) is 4.68 Å². The molecule has 0 aliphatic heterocycles. The molecule has 3 heteroatoms. The van der Waals surface area contributed by atoms with E-state index in [-0.39, 0.29) is 5.41 Å². The summed E-state index contributed by atoms with van der Waals surface area (Å²) in [6.45, 7) is 3.14. The summed E-state index contributed by atoms with van der Waals surface area (Å²) in [5.74, 6) is 0.857. The zero-order chi connectivity index (χ0) is 14.2. The molecule has 1 aliphatic rings. The molecular weight excluding hydrogens is 246 g/mol. The van der Waals surface area contributed by atoms with Gasteiger partial charge in [0.25, 0.3) is 0 Å². The number of hydrogen-bond acceptors (Lipinski definition) is 2. The van der Waals surface area contributed by atoms with Crippen molar-refractivity contribution in [2.24, 2.45) is 24.1 Å². The fourth-order valence-electron chi connectivity index (χ4n) is 3.60. The van der Waals surface area contributed by atoms with Crippen LogP contribution in [0.5, 0.6) is 0 Å². The van der Waals surface area contributed by atoms with Crippen LogP contribution in [0, 0.1) is 11.3 Å². The van der Waals surface area contributed by atoms with Gasteiger partial charge in [-0.15, -0.1) is 0 Å². The minimum absolute atomic E-state index is 0.267. The second kappa shape index (κ2) is 5.21. The van der Waals surface area contributed by atoms with E-state index >= 15 is 0 Å². The molecule has 3 nitrogen and oxygen atoms in total. The monoisotopic (exact) mass is 271 g/mol. The van der Waals surface area contributed by atoms with Crippen LogP contribution >= 0.6 is 0 Å². The number of benzene rings is 1. The molecule has 108 valence electrons. The molecule has 0 unspecified atom stereocenters. The number of nitrogens with two attached hydrogens (primary N) is 1.